The van der Waals surface area contributed by atoms with Crippen LogP contribution in [0.2, 0.25) is 0 Å². The summed E-state index contributed by atoms with van der Waals surface area (Å²) in [6, 6.07) is -0.302. The van der Waals surface area contributed by atoms with Crippen LogP contribution < -0.4 is 5.32 Å². The Morgan fingerprint density at radius 2 is 2.28 bits per heavy atom. The molecule has 1 amide bonds. The first-order chi connectivity index (χ1) is 8.40. The summed E-state index contributed by atoms with van der Waals surface area (Å²) in [5.41, 5.74) is -0.745. The van der Waals surface area contributed by atoms with E-state index in [1.807, 2.05) is 11.8 Å². The fourth-order valence-electron chi connectivity index (χ4n) is 2.27. The molecule has 102 valence electrons. The number of nitrogens with zero attached hydrogens (tertiary/aromatic N) is 1. The number of amides is 1. The van der Waals surface area contributed by atoms with Crippen molar-refractivity contribution >= 4 is 11.9 Å². The number of aliphatic carboxylic acids is 1. The number of likely N-dealkylation sites (tertiary alicyclic amines) is 1. The number of nitrogens with one attached hydrogen (secondary N) is 1. The van der Waals surface area contributed by atoms with Crippen LogP contribution in [0.4, 0.5) is 0 Å². The van der Waals surface area contributed by atoms with Gasteiger partial charge in [0.2, 0.25) is 5.91 Å². The van der Waals surface area contributed by atoms with Gasteiger partial charge in [0, 0.05) is 13.1 Å². The minimum atomic E-state index is -0.786. The minimum Gasteiger partial charge on any atom is -0.481 e. The zero-order valence-corrected chi connectivity index (χ0v) is 11.1. The molecule has 2 atom stereocenters. The molecule has 0 saturated carbocycles. The van der Waals surface area contributed by atoms with Crippen molar-refractivity contribution in [2.45, 2.75) is 32.7 Å². The van der Waals surface area contributed by atoms with Crippen LogP contribution in [0.1, 0.15) is 26.7 Å². The highest BCUT2D eigenvalue weighted by atomic mass is 16.4. The van der Waals surface area contributed by atoms with Gasteiger partial charge in [-0.05, 0) is 33.2 Å². The van der Waals surface area contributed by atoms with Crippen molar-refractivity contribution in [1.82, 2.24) is 10.2 Å². The largest absolute Gasteiger partial charge is 0.481 e. The zero-order valence-electron chi connectivity index (χ0n) is 11.1. The second kappa shape index (κ2) is 6.00. The maximum Gasteiger partial charge on any atom is 0.310 e. The summed E-state index contributed by atoms with van der Waals surface area (Å²) in [4.78, 5) is 25.0. The Kier molecular flexibility index (Phi) is 4.90. The molecule has 2 N–H and O–H groups in total. The van der Waals surface area contributed by atoms with Crippen LogP contribution >= 0.6 is 0 Å². The van der Waals surface area contributed by atoms with Crippen LogP contribution in [0.3, 0.4) is 0 Å². The molecule has 0 spiro atoms. The summed E-state index contributed by atoms with van der Waals surface area (Å²) in [6.07, 6.45) is 3.10. The average molecular weight is 254 g/mol. The monoisotopic (exact) mass is 254 g/mol. The maximum absolute atomic E-state index is 11.8. The Morgan fingerprint density at radius 3 is 2.83 bits per heavy atom. The normalized spacial score (nSPS) is 26.3. The second-order valence-corrected chi connectivity index (χ2v) is 5.15. The Hall–Kier alpha value is -1.36. The van der Waals surface area contributed by atoms with Crippen LogP contribution in [-0.4, -0.2) is 47.6 Å². The smallest absolute Gasteiger partial charge is 0.310 e. The lowest BCUT2D eigenvalue weighted by Gasteiger charge is -2.40. The van der Waals surface area contributed by atoms with E-state index in [0.717, 1.165) is 13.0 Å². The number of carbonyl (C=O) groups excluding carboxylic acids is 1. The highest BCUT2D eigenvalue weighted by Crippen LogP contribution is 2.30. The number of hydrogen-bond donors (Lipinski definition) is 2. The molecule has 1 saturated heterocycles. The predicted octanol–water partition coefficient (Wildman–Crippen LogP) is 0.864. The predicted molar refractivity (Wildman–Crippen MR) is 69.2 cm³/mol. The molecular formula is C13H22N2O3. The van der Waals surface area contributed by atoms with Gasteiger partial charge >= 0.3 is 5.97 Å². The molecule has 1 aliphatic heterocycles. The Morgan fingerprint density at radius 1 is 1.61 bits per heavy atom. The molecule has 5 heteroatoms. The summed E-state index contributed by atoms with van der Waals surface area (Å²) in [6.45, 7) is 8.73. The van der Waals surface area contributed by atoms with Crippen molar-refractivity contribution in [3.05, 3.63) is 12.7 Å². The molecule has 18 heavy (non-hydrogen) atoms. The highest BCUT2D eigenvalue weighted by Gasteiger charge is 2.40. The van der Waals surface area contributed by atoms with Gasteiger partial charge in [-0.2, -0.15) is 0 Å². The SMILES string of the molecule is C=CCNC(=O)C(C)N1CCCC(C)(C(=O)O)C1. The molecule has 0 aliphatic carbocycles. The first-order valence-electron chi connectivity index (χ1n) is 6.27. The van der Waals surface area contributed by atoms with Gasteiger partial charge in [-0.3, -0.25) is 14.5 Å². The van der Waals surface area contributed by atoms with Gasteiger partial charge in [0.15, 0.2) is 0 Å². The van der Waals surface area contributed by atoms with Gasteiger partial charge in [0.05, 0.1) is 11.5 Å². The van der Waals surface area contributed by atoms with Crippen molar-refractivity contribution in [3.8, 4) is 0 Å². The van der Waals surface area contributed by atoms with Crippen molar-refractivity contribution in [2.24, 2.45) is 5.41 Å². The average Bonchev–Trinajstić information content (AvgIpc) is 2.34. The van der Waals surface area contributed by atoms with Crippen LogP contribution in [0.15, 0.2) is 12.7 Å². The minimum absolute atomic E-state index is 0.0791. The van der Waals surface area contributed by atoms with Crippen LogP contribution in [-0.2, 0) is 9.59 Å². The maximum atomic E-state index is 11.8. The van der Waals surface area contributed by atoms with E-state index in [1.54, 1.807) is 13.0 Å². The first-order valence-corrected chi connectivity index (χ1v) is 6.27. The van der Waals surface area contributed by atoms with Crippen molar-refractivity contribution in [2.75, 3.05) is 19.6 Å². The molecular weight excluding hydrogens is 232 g/mol. The van der Waals surface area contributed by atoms with Crippen LogP contribution in [0, 0.1) is 5.41 Å². The Balaban J connectivity index is 2.63. The number of carboxylic acids is 1. The fraction of sp³-hybridized carbons (Fsp3) is 0.692. The molecule has 1 fully saturated rings. The molecule has 1 rings (SSSR count). The second-order valence-electron chi connectivity index (χ2n) is 5.15. The molecule has 1 aliphatic rings. The molecule has 0 aromatic rings. The number of piperidine rings is 1. The molecule has 5 nitrogen and oxygen atoms in total. The van der Waals surface area contributed by atoms with E-state index in [2.05, 4.69) is 11.9 Å². The molecule has 0 bridgehead atoms. The van der Waals surface area contributed by atoms with Crippen molar-refractivity contribution in [1.29, 1.82) is 0 Å². The zero-order chi connectivity index (χ0) is 13.8. The first kappa shape index (κ1) is 14.7. The van der Waals surface area contributed by atoms with Crippen LogP contribution in [0.5, 0.6) is 0 Å². The molecule has 2 unspecified atom stereocenters. The van der Waals surface area contributed by atoms with Gasteiger partial charge in [-0.1, -0.05) is 6.08 Å². The number of hydrogen-bond acceptors (Lipinski definition) is 3. The lowest BCUT2D eigenvalue weighted by atomic mass is 9.81. The summed E-state index contributed by atoms with van der Waals surface area (Å²) in [7, 11) is 0. The van der Waals surface area contributed by atoms with Gasteiger partial charge in [0.1, 0.15) is 0 Å². The molecule has 0 aromatic heterocycles. The van der Waals surface area contributed by atoms with Crippen molar-refractivity contribution in [3.63, 3.8) is 0 Å². The van der Waals surface area contributed by atoms with E-state index >= 15 is 0 Å². The van der Waals surface area contributed by atoms with Gasteiger partial charge < -0.3 is 10.4 Å². The quantitative estimate of drug-likeness (QED) is 0.714. The highest BCUT2D eigenvalue weighted by molar-refractivity contribution is 5.81. The Labute approximate surface area is 108 Å². The number of rotatable bonds is 5. The third-order valence-electron chi connectivity index (χ3n) is 3.59. The lowest BCUT2D eigenvalue weighted by molar-refractivity contribution is -0.152. The Bertz CT molecular complexity index is 343. The topological polar surface area (TPSA) is 69.6 Å². The van der Waals surface area contributed by atoms with E-state index in [1.165, 1.54) is 0 Å². The molecule has 0 aromatic carbocycles. The third-order valence-corrected chi connectivity index (χ3v) is 3.59. The number of carbonyl (C=O) groups is 2. The van der Waals surface area contributed by atoms with E-state index in [0.29, 0.717) is 19.5 Å². The van der Waals surface area contributed by atoms with Gasteiger partial charge in [0.25, 0.3) is 0 Å². The number of carboxylic acid groups (broad SMARTS) is 1. The summed E-state index contributed by atoms with van der Waals surface area (Å²) >= 11 is 0. The third kappa shape index (κ3) is 3.32. The van der Waals surface area contributed by atoms with Crippen molar-refractivity contribution < 1.29 is 14.7 Å². The van der Waals surface area contributed by atoms with E-state index in [4.69, 9.17) is 0 Å². The van der Waals surface area contributed by atoms with Gasteiger partial charge in [-0.25, -0.2) is 0 Å². The van der Waals surface area contributed by atoms with Gasteiger partial charge in [-0.15, -0.1) is 6.58 Å². The standard InChI is InChI=1S/C13H22N2O3/c1-4-7-14-11(16)10(2)15-8-5-6-13(3,9-15)12(17)18/h4,10H,1,5-9H2,2-3H3,(H,14,16)(H,17,18). The fourth-order valence-corrected chi connectivity index (χ4v) is 2.27. The summed E-state index contributed by atoms with van der Waals surface area (Å²) in [5, 5.41) is 12.0. The molecule has 1 heterocycles. The molecule has 0 radical (unpaired) electrons. The summed E-state index contributed by atoms with van der Waals surface area (Å²) < 4.78 is 0. The lowest BCUT2D eigenvalue weighted by Crippen LogP contribution is -2.53. The van der Waals surface area contributed by atoms with E-state index in [-0.39, 0.29) is 11.9 Å². The van der Waals surface area contributed by atoms with Crippen LogP contribution in [0.25, 0.3) is 0 Å². The van der Waals surface area contributed by atoms with E-state index < -0.39 is 11.4 Å². The summed E-state index contributed by atoms with van der Waals surface area (Å²) in [5.74, 6) is -0.865. The van der Waals surface area contributed by atoms with E-state index in [9.17, 15) is 14.7 Å².